The highest BCUT2D eigenvalue weighted by molar-refractivity contribution is 6.41. The summed E-state index contributed by atoms with van der Waals surface area (Å²) in [5, 5.41) is 4.80. The Kier molecular flexibility index (Phi) is 9.08. The van der Waals surface area contributed by atoms with E-state index in [4.69, 9.17) is 52.1 Å². The lowest BCUT2D eigenvalue weighted by Gasteiger charge is -2.31. The van der Waals surface area contributed by atoms with Gasteiger partial charge in [-0.2, -0.15) is 0 Å². The monoisotopic (exact) mass is 615 g/mol. The summed E-state index contributed by atoms with van der Waals surface area (Å²) >= 11 is 13.6. The molecule has 3 atom stereocenters. The van der Waals surface area contributed by atoms with E-state index >= 15 is 0 Å². The van der Waals surface area contributed by atoms with Crippen LogP contribution in [0.1, 0.15) is 26.2 Å². The van der Waals surface area contributed by atoms with E-state index < -0.39 is 0 Å². The third kappa shape index (κ3) is 5.99. The van der Waals surface area contributed by atoms with Crippen molar-refractivity contribution in [1.29, 1.82) is 0 Å². The number of methoxy groups -OCH3 is 3. The molecule has 0 amide bonds. The van der Waals surface area contributed by atoms with Crippen LogP contribution in [-0.2, 0) is 14.3 Å². The number of fused-ring (bicyclic) bond motifs is 1. The third-order valence-electron chi connectivity index (χ3n) is 8.11. The Labute approximate surface area is 255 Å². The van der Waals surface area contributed by atoms with Crippen LogP contribution in [0.2, 0.25) is 10.0 Å². The highest BCUT2D eigenvalue weighted by Gasteiger charge is 2.36. The van der Waals surface area contributed by atoms with Crippen LogP contribution in [0.15, 0.2) is 31.0 Å². The maximum absolute atomic E-state index is 12.1. The molecular formula is C30H35Cl2N5O5. The number of anilines is 2. The Morgan fingerprint density at radius 2 is 1.95 bits per heavy atom. The van der Waals surface area contributed by atoms with Crippen LogP contribution in [0.4, 0.5) is 11.8 Å². The SMILES string of the molecule is C=CC(=O)C[C@H]1CCOC[C@H]1Nc1ncc2cc(-c3c(Cl)c(OC)cc(OC)c3Cl)nc(N3CCC(C)(OC)C3)c2n1. The number of halogens is 2. The lowest BCUT2D eigenvalue weighted by molar-refractivity contribution is -0.116. The fraction of sp³-hybridized carbons (Fsp3) is 0.467. The third-order valence-corrected chi connectivity index (χ3v) is 8.86. The highest BCUT2D eigenvalue weighted by Crippen LogP contribution is 2.46. The summed E-state index contributed by atoms with van der Waals surface area (Å²) in [6.45, 7) is 8.09. The van der Waals surface area contributed by atoms with Crippen molar-refractivity contribution >= 4 is 51.7 Å². The van der Waals surface area contributed by atoms with Crippen molar-refractivity contribution in [3.8, 4) is 22.8 Å². The quantitative estimate of drug-likeness (QED) is 0.290. The molecule has 10 nitrogen and oxygen atoms in total. The lowest BCUT2D eigenvalue weighted by Crippen LogP contribution is -2.40. The summed E-state index contributed by atoms with van der Waals surface area (Å²) < 4.78 is 22.5. The van der Waals surface area contributed by atoms with Gasteiger partial charge in [0.25, 0.3) is 0 Å². The Balaban J connectivity index is 1.61. The number of hydrogen-bond donors (Lipinski definition) is 1. The normalized spacial score (nSPS) is 22.3. The number of ether oxygens (including phenoxy) is 4. The summed E-state index contributed by atoms with van der Waals surface area (Å²) in [6, 6.07) is 3.38. The number of carbonyl (C=O) groups is 1. The van der Waals surface area contributed by atoms with Crippen LogP contribution in [0.5, 0.6) is 11.5 Å². The van der Waals surface area contributed by atoms with Gasteiger partial charge in [0.2, 0.25) is 5.95 Å². The van der Waals surface area contributed by atoms with Gasteiger partial charge >= 0.3 is 0 Å². The second-order valence-corrected chi connectivity index (χ2v) is 11.6. The predicted octanol–water partition coefficient (Wildman–Crippen LogP) is 5.59. The first kappa shape index (κ1) is 30.3. The first-order valence-electron chi connectivity index (χ1n) is 13.8. The summed E-state index contributed by atoms with van der Waals surface area (Å²) in [5.41, 5.74) is 1.34. The number of benzene rings is 1. The van der Waals surface area contributed by atoms with Crippen molar-refractivity contribution < 1.29 is 23.7 Å². The maximum Gasteiger partial charge on any atom is 0.223 e. The van der Waals surface area contributed by atoms with E-state index in [2.05, 4.69) is 28.7 Å². The van der Waals surface area contributed by atoms with Crippen molar-refractivity contribution in [3.05, 3.63) is 41.0 Å². The average molecular weight is 617 g/mol. The molecule has 2 aliphatic rings. The number of carbonyl (C=O) groups excluding carboxylic acids is 1. The molecule has 5 rings (SSSR count). The molecule has 224 valence electrons. The highest BCUT2D eigenvalue weighted by atomic mass is 35.5. The zero-order valence-electron chi connectivity index (χ0n) is 24.2. The van der Waals surface area contributed by atoms with Crippen LogP contribution < -0.4 is 19.7 Å². The second-order valence-electron chi connectivity index (χ2n) is 10.8. The summed E-state index contributed by atoms with van der Waals surface area (Å²) in [4.78, 5) is 28.9. The Hall–Kier alpha value is -3.18. The number of aromatic nitrogens is 3. The summed E-state index contributed by atoms with van der Waals surface area (Å²) in [5.74, 6) is 2.00. The van der Waals surface area contributed by atoms with Gasteiger partial charge in [0.05, 0.1) is 48.2 Å². The first-order chi connectivity index (χ1) is 20.2. The summed E-state index contributed by atoms with van der Waals surface area (Å²) in [6.07, 6.45) is 5.09. The topological polar surface area (TPSA) is 108 Å². The van der Waals surface area contributed by atoms with Gasteiger partial charge < -0.3 is 29.2 Å². The van der Waals surface area contributed by atoms with Crippen molar-refractivity contribution in [2.24, 2.45) is 5.92 Å². The van der Waals surface area contributed by atoms with Gasteiger partial charge in [0.1, 0.15) is 17.0 Å². The molecule has 0 aliphatic carbocycles. The molecule has 4 heterocycles. The lowest BCUT2D eigenvalue weighted by atomic mass is 9.90. The molecule has 2 fully saturated rings. The molecule has 2 aromatic heterocycles. The van der Waals surface area contributed by atoms with E-state index in [1.165, 1.54) is 20.3 Å². The van der Waals surface area contributed by atoms with Gasteiger partial charge in [-0.25, -0.2) is 15.0 Å². The zero-order valence-corrected chi connectivity index (χ0v) is 25.7. The molecular weight excluding hydrogens is 581 g/mol. The van der Waals surface area contributed by atoms with Gasteiger partial charge in [-0.3, -0.25) is 4.79 Å². The van der Waals surface area contributed by atoms with E-state index in [0.29, 0.717) is 82.8 Å². The fourth-order valence-corrected chi connectivity index (χ4v) is 6.22. The molecule has 2 aliphatic heterocycles. The van der Waals surface area contributed by atoms with E-state index in [0.717, 1.165) is 18.2 Å². The standard InChI is InChI=1S/C30H35Cl2N5O5/c1-6-19(38)11-17-7-10-42-15-21(17)35-29-33-14-18-12-20(24-25(31)22(39-3)13-23(40-4)26(24)32)34-28(27(18)36-29)37-9-8-30(2,16-37)41-5/h6,12-14,17,21H,1,7-11,15-16H2,2-5H3,(H,33,35,36)/t17-,21-,30?/m1/s1. The fourth-order valence-electron chi connectivity index (χ4n) is 5.53. The predicted molar refractivity (Wildman–Crippen MR) is 164 cm³/mol. The van der Waals surface area contributed by atoms with Gasteiger partial charge in [0.15, 0.2) is 11.6 Å². The number of rotatable bonds is 10. The zero-order chi connectivity index (χ0) is 30.0. The van der Waals surface area contributed by atoms with Crippen molar-refractivity contribution in [1.82, 2.24) is 15.0 Å². The molecule has 1 unspecified atom stereocenters. The van der Waals surface area contributed by atoms with Crippen LogP contribution in [0.25, 0.3) is 22.2 Å². The van der Waals surface area contributed by atoms with Crippen molar-refractivity contribution in [2.45, 2.75) is 37.8 Å². The van der Waals surface area contributed by atoms with E-state index in [9.17, 15) is 4.79 Å². The molecule has 42 heavy (non-hydrogen) atoms. The van der Waals surface area contributed by atoms with Crippen LogP contribution in [-0.4, -0.2) is 80.0 Å². The summed E-state index contributed by atoms with van der Waals surface area (Å²) in [7, 11) is 4.79. The number of nitrogens with one attached hydrogen (secondary N) is 1. The van der Waals surface area contributed by atoms with Gasteiger partial charge in [0, 0.05) is 56.4 Å². The molecule has 12 heteroatoms. The van der Waals surface area contributed by atoms with Gasteiger partial charge in [-0.1, -0.05) is 29.8 Å². The number of pyridine rings is 1. The van der Waals surface area contributed by atoms with Crippen LogP contribution in [0.3, 0.4) is 0 Å². The van der Waals surface area contributed by atoms with Crippen molar-refractivity contribution in [3.63, 3.8) is 0 Å². The van der Waals surface area contributed by atoms with E-state index in [1.54, 1.807) is 19.4 Å². The molecule has 1 aromatic carbocycles. The first-order valence-corrected chi connectivity index (χ1v) is 14.5. The Morgan fingerprint density at radius 1 is 1.21 bits per heavy atom. The van der Waals surface area contributed by atoms with Gasteiger partial charge in [-0.15, -0.1) is 0 Å². The molecule has 1 N–H and O–H groups in total. The molecule has 0 radical (unpaired) electrons. The van der Waals surface area contributed by atoms with Gasteiger partial charge in [-0.05, 0) is 37.8 Å². The molecule has 0 bridgehead atoms. The van der Waals surface area contributed by atoms with E-state index in [1.807, 2.05) is 6.07 Å². The minimum atomic E-state index is -0.336. The van der Waals surface area contributed by atoms with E-state index in [-0.39, 0.29) is 23.3 Å². The Bertz CT molecular complexity index is 1480. The Morgan fingerprint density at radius 3 is 2.60 bits per heavy atom. The minimum absolute atomic E-state index is 0.00821. The molecule has 0 spiro atoms. The number of ketones is 1. The number of allylic oxidation sites excluding steroid dienone is 1. The second kappa shape index (κ2) is 12.6. The minimum Gasteiger partial charge on any atom is -0.495 e. The molecule has 3 aromatic rings. The maximum atomic E-state index is 12.1. The molecule has 2 saturated heterocycles. The average Bonchev–Trinajstić information content (AvgIpc) is 3.40. The number of hydrogen-bond acceptors (Lipinski definition) is 10. The van der Waals surface area contributed by atoms with Crippen molar-refractivity contribution in [2.75, 3.05) is 57.8 Å². The number of nitrogens with zero attached hydrogens (tertiary/aromatic N) is 4. The molecule has 0 saturated carbocycles. The van der Waals surface area contributed by atoms with Crippen LogP contribution >= 0.6 is 23.2 Å². The van der Waals surface area contributed by atoms with Crippen LogP contribution in [0, 0.1) is 5.92 Å². The smallest absolute Gasteiger partial charge is 0.223 e. The largest absolute Gasteiger partial charge is 0.495 e.